The molecule has 0 aliphatic carbocycles. The molecule has 1 atom stereocenters. The van der Waals surface area contributed by atoms with Crippen molar-refractivity contribution in [2.24, 2.45) is 0 Å². The largest absolute Gasteiger partial charge is 0.379 e. The van der Waals surface area contributed by atoms with Crippen molar-refractivity contribution in [1.29, 1.82) is 0 Å². The van der Waals surface area contributed by atoms with E-state index < -0.39 is 0 Å². The van der Waals surface area contributed by atoms with E-state index in [-0.39, 0.29) is 11.9 Å². The molecule has 1 fully saturated rings. The van der Waals surface area contributed by atoms with Crippen LogP contribution in [0.15, 0.2) is 41.2 Å². The molecule has 1 amide bonds. The maximum atomic E-state index is 12.6. The molecule has 5 nitrogen and oxygen atoms in total. The van der Waals surface area contributed by atoms with Crippen LogP contribution < -0.4 is 5.32 Å². The smallest absolute Gasteiger partial charge is 0.251 e. The lowest BCUT2D eigenvalue weighted by Gasteiger charge is -2.34. The number of carbonyl (C=O) groups excluding carboxylic acids is 1. The molecule has 0 radical (unpaired) electrons. The van der Waals surface area contributed by atoms with E-state index in [1.54, 1.807) is 28.2 Å². The second kappa shape index (κ2) is 7.61. The molecule has 1 aromatic carbocycles. The van der Waals surface area contributed by atoms with Gasteiger partial charge in [-0.1, -0.05) is 6.07 Å². The van der Waals surface area contributed by atoms with Gasteiger partial charge in [0.2, 0.25) is 0 Å². The zero-order chi connectivity index (χ0) is 17.1. The van der Waals surface area contributed by atoms with Crippen molar-refractivity contribution in [1.82, 2.24) is 15.2 Å². The van der Waals surface area contributed by atoms with Crippen LogP contribution >= 0.6 is 22.7 Å². The second-order valence-electron chi connectivity index (χ2n) is 5.92. The normalized spacial score (nSPS) is 16.8. The van der Waals surface area contributed by atoms with Gasteiger partial charge in [-0.2, -0.15) is 0 Å². The first-order valence-corrected chi connectivity index (χ1v) is 10.0. The maximum absolute atomic E-state index is 12.6. The summed E-state index contributed by atoms with van der Waals surface area (Å²) in [5.41, 5.74) is 3.42. The van der Waals surface area contributed by atoms with E-state index in [2.05, 4.69) is 32.7 Å². The van der Waals surface area contributed by atoms with Crippen molar-refractivity contribution >= 4 is 38.8 Å². The lowest BCUT2D eigenvalue weighted by atomic mass is 10.1. The van der Waals surface area contributed by atoms with Gasteiger partial charge in [-0.15, -0.1) is 22.7 Å². The summed E-state index contributed by atoms with van der Waals surface area (Å²) in [5.74, 6) is -0.0369. The molecule has 7 heteroatoms. The molecule has 1 aliphatic heterocycles. The molecule has 1 aliphatic rings. The number of carbonyl (C=O) groups is 1. The molecule has 1 unspecified atom stereocenters. The van der Waals surface area contributed by atoms with Crippen LogP contribution in [0.3, 0.4) is 0 Å². The Morgan fingerprint density at radius 2 is 2.16 bits per heavy atom. The highest BCUT2D eigenvalue weighted by Crippen LogP contribution is 2.25. The standard InChI is InChI=1S/C18H19N3O2S2/c22-18(13-3-4-14-17(10-13)25-12-20-14)19-11-15(16-2-1-9-24-16)21-5-7-23-8-6-21/h1-4,9-10,12,15H,5-8,11H2,(H,19,22). The molecular weight excluding hydrogens is 354 g/mol. The third-order valence-electron chi connectivity index (χ3n) is 4.41. The van der Waals surface area contributed by atoms with E-state index in [0.29, 0.717) is 12.1 Å². The molecule has 2 aromatic heterocycles. The Hall–Kier alpha value is -1.80. The maximum Gasteiger partial charge on any atom is 0.251 e. The van der Waals surface area contributed by atoms with Gasteiger partial charge in [-0.05, 0) is 29.6 Å². The van der Waals surface area contributed by atoms with Crippen LogP contribution in [0.1, 0.15) is 21.3 Å². The van der Waals surface area contributed by atoms with Gasteiger partial charge in [0.05, 0.1) is 35.0 Å². The Bertz CT molecular complexity index is 841. The first-order valence-electron chi connectivity index (χ1n) is 8.28. The third kappa shape index (κ3) is 3.74. The molecule has 3 heterocycles. The lowest BCUT2D eigenvalue weighted by molar-refractivity contribution is 0.0169. The van der Waals surface area contributed by atoms with Crippen molar-refractivity contribution in [3.63, 3.8) is 0 Å². The number of hydrogen-bond acceptors (Lipinski definition) is 6. The number of ether oxygens (including phenoxy) is 1. The molecular formula is C18H19N3O2S2. The molecule has 0 saturated carbocycles. The van der Waals surface area contributed by atoms with Crippen LogP contribution in [0.5, 0.6) is 0 Å². The molecule has 0 bridgehead atoms. The number of nitrogens with zero attached hydrogens (tertiary/aromatic N) is 2. The first kappa shape index (κ1) is 16.7. The minimum Gasteiger partial charge on any atom is -0.379 e. The van der Waals surface area contributed by atoms with Crippen molar-refractivity contribution in [2.75, 3.05) is 32.8 Å². The van der Waals surface area contributed by atoms with Gasteiger partial charge in [0.15, 0.2) is 0 Å². The van der Waals surface area contributed by atoms with Gasteiger partial charge in [-0.3, -0.25) is 9.69 Å². The van der Waals surface area contributed by atoms with E-state index in [9.17, 15) is 4.79 Å². The highest BCUT2D eigenvalue weighted by atomic mass is 32.1. The molecule has 25 heavy (non-hydrogen) atoms. The number of amides is 1. The lowest BCUT2D eigenvalue weighted by Crippen LogP contribution is -2.43. The van der Waals surface area contributed by atoms with E-state index in [4.69, 9.17) is 4.74 Å². The van der Waals surface area contributed by atoms with Gasteiger partial charge in [0.1, 0.15) is 0 Å². The number of hydrogen-bond donors (Lipinski definition) is 1. The van der Waals surface area contributed by atoms with Crippen molar-refractivity contribution in [3.05, 3.63) is 51.7 Å². The number of fused-ring (bicyclic) bond motifs is 1. The summed E-state index contributed by atoms with van der Waals surface area (Å²) < 4.78 is 6.50. The number of nitrogens with one attached hydrogen (secondary N) is 1. The van der Waals surface area contributed by atoms with E-state index >= 15 is 0 Å². The zero-order valence-electron chi connectivity index (χ0n) is 13.7. The summed E-state index contributed by atoms with van der Waals surface area (Å²) in [5, 5.41) is 5.20. The molecule has 1 N–H and O–H groups in total. The van der Waals surface area contributed by atoms with Crippen LogP contribution in [-0.4, -0.2) is 48.6 Å². The van der Waals surface area contributed by atoms with Crippen molar-refractivity contribution in [2.45, 2.75) is 6.04 Å². The zero-order valence-corrected chi connectivity index (χ0v) is 15.3. The minimum absolute atomic E-state index is 0.0369. The summed E-state index contributed by atoms with van der Waals surface area (Å²) in [6.45, 7) is 3.88. The quantitative estimate of drug-likeness (QED) is 0.746. The minimum atomic E-state index is -0.0369. The fourth-order valence-electron chi connectivity index (χ4n) is 3.07. The van der Waals surface area contributed by atoms with Crippen LogP contribution in [0.25, 0.3) is 10.2 Å². The van der Waals surface area contributed by atoms with Gasteiger partial charge < -0.3 is 10.1 Å². The molecule has 130 valence electrons. The van der Waals surface area contributed by atoms with Gasteiger partial charge in [0, 0.05) is 30.1 Å². The topological polar surface area (TPSA) is 54.5 Å². The fraction of sp³-hybridized carbons (Fsp3) is 0.333. The van der Waals surface area contributed by atoms with E-state index in [1.807, 2.05) is 18.2 Å². The van der Waals surface area contributed by atoms with Crippen LogP contribution in [0.4, 0.5) is 0 Å². The predicted molar refractivity (Wildman–Crippen MR) is 101 cm³/mol. The Kier molecular flexibility index (Phi) is 5.07. The molecule has 3 aromatic rings. The SMILES string of the molecule is O=C(NCC(c1cccs1)N1CCOCC1)c1ccc2ncsc2c1. The first-order chi connectivity index (χ1) is 12.3. The van der Waals surface area contributed by atoms with Gasteiger partial charge >= 0.3 is 0 Å². The van der Waals surface area contributed by atoms with Crippen LogP contribution in [-0.2, 0) is 4.74 Å². The number of thiophene rings is 1. The van der Waals surface area contributed by atoms with Gasteiger partial charge in [-0.25, -0.2) is 4.98 Å². The third-order valence-corrected chi connectivity index (χ3v) is 6.17. The average molecular weight is 374 g/mol. The average Bonchev–Trinajstić information content (AvgIpc) is 3.34. The number of benzene rings is 1. The van der Waals surface area contributed by atoms with Crippen molar-refractivity contribution < 1.29 is 9.53 Å². The number of morpholine rings is 1. The summed E-state index contributed by atoms with van der Waals surface area (Å²) in [7, 11) is 0. The summed E-state index contributed by atoms with van der Waals surface area (Å²) in [6, 6.07) is 10.1. The monoisotopic (exact) mass is 373 g/mol. The second-order valence-corrected chi connectivity index (χ2v) is 7.79. The Balaban J connectivity index is 1.47. The Morgan fingerprint density at radius 3 is 2.96 bits per heavy atom. The Morgan fingerprint density at radius 1 is 1.28 bits per heavy atom. The fourth-order valence-corrected chi connectivity index (χ4v) is 4.64. The van der Waals surface area contributed by atoms with Gasteiger partial charge in [0.25, 0.3) is 5.91 Å². The van der Waals surface area contributed by atoms with Crippen LogP contribution in [0.2, 0.25) is 0 Å². The van der Waals surface area contributed by atoms with E-state index in [0.717, 1.165) is 36.5 Å². The summed E-state index contributed by atoms with van der Waals surface area (Å²) >= 11 is 3.29. The Labute approximate surface area is 154 Å². The highest BCUT2D eigenvalue weighted by molar-refractivity contribution is 7.16. The molecule has 1 saturated heterocycles. The number of thiazole rings is 1. The van der Waals surface area contributed by atoms with Crippen LogP contribution in [0, 0.1) is 0 Å². The number of rotatable bonds is 5. The van der Waals surface area contributed by atoms with E-state index in [1.165, 1.54) is 4.88 Å². The van der Waals surface area contributed by atoms with Crippen molar-refractivity contribution in [3.8, 4) is 0 Å². The number of aromatic nitrogens is 1. The summed E-state index contributed by atoms with van der Waals surface area (Å²) in [4.78, 5) is 20.5. The molecule has 0 spiro atoms. The highest BCUT2D eigenvalue weighted by Gasteiger charge is 2.24. The molecule has 4 rings (SSSR count). The predicted octanol–water partition coefficient (Wildman–Crippen LogP) is 3.16. The summed E-state index contributed by atoms with van der Waals surface area (Å²) in [6.07, 6.45) is 0.